The van der Waals surface area contributed by atoms with Crippen molar-refractivity contribution >= 4 is 24.0 Å². The molecule has 1 N–H and O–H groups in total. The van der Waals surface area contributed by atoms with Crippen molar-refractivity contribution in [2.24, 2.45) is 0 Å². The molecule has 1 rings (SSSR count). The predicted octanol–water partition coefficient (Wildman–Crippen LogP) is 3.43. The third-order valence-corrected chi connectivity index (χ3v) is 6.33. The van der Waals surface area contributed by atoms with Crippen LogP contribution in [-0.4, -0.2) is 18.4 Å². The highest BCUT2D eigenvalue weighted by Gasteiger charge is 2.35. The van der Waals surface area contributed by atoms with Crippen LogP contribution in [0, 0.1) is 11.8 Å². The maximum Gasteiger partial charge on any atom is 0.109 e. The molecule has 0 fully saturated rings. The van der Waals surface area contributed by atoms with E-state index in [1.807, 2.05) is 31.2 Å². The van der Waals surface area contributed by atoms with E-state index in [4.69, 9.17) is 0 Å². The number of rotatable bonds is 1. The average Bonchev–Trinajstić information content (AvgIpc) is 2.15. The minimum atomic E-state index is -1.68. The lowest BCUT2D eigenvalue weighted by Crippen LogP contribution is -2.48. The molecule has 0 aliphatic rings. The zero-order chi connectivity index (χ0) is 12.4. The molecule has 0 saturated heterocycles. The summed E-state index contributed by atoms with van der Waals surface area (Å²) in [6, 6.07) is 7.79. The van der Waals surface area contributed by atoms with Gasteiger partial charge in [-0.3, -0.25) is 0 Å². The minimum absolute atomic E-state index is 0.847. The van der Waals surface area contributed by atoms with E-state index in [-0.39, 0.29) is 0 Å². The average molecular weight is 297 g/mol. The van der Waals surface area contributed by atoms with E-state index >= 15 is 0 Å². The molecule has 1 aromatic rings. The van der Waals surface area contributed by atoms with Crippen molar-refractivity contribution in [3.05, 3.63) is 34.3 Å². The van der Waals surface area contributed by atoms with Crippen molar-refractivity contribution in [3.63, 3.8) is 0 Å². The lowest BCUT2D eigenvalue weighted by Gasteiger charge is -2.30. The maximum atomic E-state index is 10.2. The van der Waals surface area contributed by atoms with Gasteiger partial charge < -0.3 is 5.11 Å². The molecule has 0 aromatic heterocycles. The van der Waals surface area contributed by atoms with Crippen LogP contribution in [0.1, 0.15) is 12.5 Å². The fourth-order valence-electron chi connectivity index (χ4n) is 0.915. The Morgan fingerprint density at radius 3 is 2.12 bits per heavy atom. The van der Waals surface area contributed by atoms with Crippen LogP contribution in [0.25, 0.3) is 0 Å². The molecular formula is C13H17BrOSi. The van der Waals surface area contributed by atoms with Crippen LogP contribution in [0.4, 0.5) is 0 Å². The second-order valence-electron chi connectivity index (χ2n) is 5.08. The van der Waals surface area contributed by atoms with Gasteiger partial charge in [0.1, 0.15) is 5.22 Å². The Kier molecular flexibility index (Phi) is 4.00. The first-order valence-corrected chi connectivity index (χ1v) is 9.53. The number of hydrogen-bond donors (Lipinski definition) is 1. The Bertz CT molecular complexity index is 418. The fraction of sp³-hybridized carbons (Fsp3) is 0.385. The topological polar surface area (TPSA) is 20.2 Å². The van der Waals surface area contributed by atoms with Gasteiger partial charge in [-0.05, 0) is 31.2 Å². The van der Waals surface area contributed by atoms with Gasteiger partial charge in [-0.1, -0.05) is 47.4 Å². The van der Waals surface area contributed by atoms with Crippen molar-refractivity contribution < 1.29 is 5.11 Å². The summed E-state index contributed by atoms with van der Waals surface area (Å²) in [5, 5.41) is 9.40. The molecule has 3 heteroatoms. The van der Waals surface area contributed by atoms with Crippen LogP contribution in [0.5, 0.6) is 0 Å². The van der Waals surface area contributed by atoms with E-state index in [1.54, 1.807) is 0 Å². The van der Waals surface area contributed by atoms with E-state index in [1.165, 1.54) is 0 Å². The van der Waals surface area contributed by atoms with Gasteiger partial charge in [0.25, 0.3) is 0 Å². The maximum absolute atomic E-state index is 10.2. The second-order valence-corrected chi connectivity index (χ2v) is 11.5. The first-order valence-electron chi connectivity index (χ1n) is 5.23. The highest BCUT2D eigenvalue weighted by Crippen LogP contribution is 2.19. The Hall–Kier alpha value is -0.563. The van der Waals surface area contributed by atoms with Gasteiger partial charge in [-0.2, -0.15) is 0 Å². The molecule has 0 heterocycles. The summed E-state index contributed by atoms with van der Waals surface area (Å²) in [6.45, 7) is 8.15. The number of halogens is 1. The zero-order valence-electron chi connectivity index (χ0n) is 10.1. The van der Waals surface area contributed by atoms with Crippen molar-refractivity contribution in [3.8, 4) is 11.8 Å². The van der Waals surface area contributed by atoms with E-state index < -0.39 is 13.3 Å². The third-order valence-electron chi connectivity index (χ3n) is 2.75. The minimum Gasteiger partial charge on any atom is -0.381 e. The van der Waals surface area contributed by atoms with Crippen molar-refractivity contribution in [1.29, 1.82) is 0 Å². The first kappa shape index (κ1) is 13.5. The predicted molar refractivity (Wildman–Crippen MR) is 75.0 cm³/mol. The molecule has 0 aliphatic heterocycles. The van der Waals surface area contributed by atoms with Crippen LogP contribution in [0.3, 0.4) is 0 Å². The Balaban J connectivity index is 2.94. The van der Waals surface area contributed by atoms with Gasteiger partial charge in [-0.25, -0.2) is 0 Å². The van der Waals surface area contributed by atoms with Crippen LogP contribution >= 0.6 is 15.9 Å². The summed E-state index contributed by atoms with van der Waals surface area (Å²) < 4.78 is 1.04. The van der Waals surface area contributed by atoms with Gasteiger partial charge in [0.05, 0.1) is 8.07 Å². The van der Waals surface area contributed by atoms with Crippen molar-refractivity contribution in [2.75, 3.05) is 0 Å². The summed E-state index contributed by atoms with van der Waals surface area (Å²) in [7, 11) is -1.68. The highest BCUT2D eigenvalue weighted by molar-refractivity contribution is 9.10. The van der Waals surface area contributed by atoms with Gasteiger partial charge >= 0.3 is 0 Å². The van der Waals surface area contributed by atoms with E-state index in [0.29, 0.717) is 0 Å². The summed E-state index contributed by atoms with van der Waals surface area (Å²) in [6.07, 6.45) is 0. The molecule has 0 bridgehead atoms. The van der Waals surface area contributed by atoms with Crippen LogP contribution in [-0.2, 0) is 0 Å². The summed E-state index contributed by atoms with van der Waals surface area (Å²) >= 11 is 3.38. The normalized spacial score (nSPS) is 14.9. The standard InChI is InChI=1S/C13H17BrOSi/c1-13(15,16(2,3)4)10-9-11-5-7-12(14)8-6-11/h5-8,15H,1-4H3. The summed E-state index contributed by atoms with van der Waals surface area (Å²) in [4.78, 5) is 0. The number of aliphatic hydroxyl groups is 1. The van der Waals surface area contributed by atoms with E-state index in [9.17, 15) is 5.11 Å². The molecule has 0 amide bonds. The van der Waals surface area contributed by atoms with Gasteiger partial charge in [0.15, 0.2) is 0 Å². The Morgan fingerprint density at radius 1 is 1.19 bits per heavy atom. The quantitative estimate of drug-likeness (QED) is 0.622. The molecule has 0 aliphatic carbocycles. The van der Waals surface area contributed by atoms with Gasteiger partial charge in [-0.15, -0.1) is 0 Å². The molecule has 86 valence electrons. The molecule has 16 heavy (non-hydrogen) atoms. The zero-order valence-corrected chi connectivity index (χ0v) is 12.7. The Labute approximate surface area is 107 Å². The molecule has 1 nitrogen and oxygen atoms in total. The molecule has 1 unspecified atom stereocenters. The van der Waals surface area contributed by atoms with Gasteiger partial charge in [0, 0.05) is 10.0 Å². The van der Waals surface area contributed by atoms with E-state index in [2.05, 4.69) is 47.4 Å². The van der Waals surface area contributed by atoms with Crippen molar-refractivity contribution in [2.45, 2.75) is 31.8 Å². The molecule has 1 atom stereocenters. The van der Waals surface area contributed by atoms with Crippen molar-refractivity contribution in [1.82, 2.24) is 0 Å². The monoisotopic (exact) mass is 296 g/mol. The molecule has 0 spiro atoms. The van der Waals surface area contributed by atoms with Crippen LogP contribution in [0.2, 0.25) is 19.6 Å². The third kappa shape index (κ3) is 3.48. The van der Waals surface area contributed by atoms with Crippen LogP contribution in [0.15, 0.2) is 28.7 Å². The Morgan fingerprint density at radius 2 is 1.69 bits per heavy atom. The smallest absolute Gasteiger partial charge is 0.109 e. The lowest BCUT2D eigenvalue weighted by atomic mass is 10.2. The second kappa shape index (κ2) is 4.75. The highest BCUT2D eigenvalue weighted by atomic mass is 79.9. The SMILES string of the molecule is CC(O)(C#Cc1ccc(Br)cc1)[Si](C)(C)C. The molecule has 0 saturated carbocycles. The molecular weight excluding hydrogens is 280 g/mol. The molecule has 1 aromatic carbocycles. The van der Waals surface area contributed by atoms with E-state index in [0.717, 1.165) is 10.0 Å². The summed E-state index contributed by atoms with van der Waals surface area (Å²) in [5.74, 6) is 6.02. The largest absolute Gasteiger partial charge is 0.381 e. The summed E-state index contributed by atoms with van der Waals surface area (Å²) in [5.41, 5.74) is 0.932. The lowest BCUT2D eigenvalue weighted by molar-refractivity contribution is 0.197. The van der Waals surface area contributed by atoms with Gasteiger partial charge in [0.2, 0.25) is 0 Å². The molecule has 0 radical (unpaired) electrons. The number of hydrogen-bond acceptors (Lipinski definition) is 1. The first-order chi connectivity index (χ1) is 7.22. The number of benzene rings is 1. The van der Waals surface area contributed by atoms with Crippen LogP contribution < -0.4 is 0 Å². The fourth-order valence-corrected chi connectivity index (χ4v) is 1.62.